The molecule has 0 unspecified atom stereocenters. The van der Waals surface area contributed by atoms with Crippen LogP contribution >= 0.6 is 0 Å². The molecule has 0 saturated heterocycles. The van der Waals surface area contributed by atoms with Crippen LogP contribution in [0.25, 0.3) is 0 Å². The molecule has 6 nitrogen and oxygen atoms in total. The molecule has 0 radical (unpaired) electrons. The van der Waals surface area contributed by atoms with Gasteiger partial charge in [0.1, 0.15) is 11.5 Å². The van der Waals surface area contributed by atoms with Crippen LogP contribution in [0.2, 0.25) is 0 Å². The summed E-state index contributed by atoms with van der Waals surface area (Å²) < 4.78 is 10.3. The first-order chi connectivity index (χ1) is 10.0. The number of carbonyl (C=O) groups is 2. The molecular formula is C15H22N2O4. The van der Waals surface area contributed by atoms with E-state index in [9.17, 15) is 9.59 Å². The van der Waals surface area contributed by atoms with E-state index in [4.69, 9.17) is 9.47 Å². The van der Waals surface area contributed by atoms with Crippen LogP contribution in [0.3, 0.4) is 0 Å². The number of methoxy groups -OCH3 is 2. The molecule has 6 heteroatoms. The SMILES string of the molecule is CCCN(CC(=O)Nc1cc(OC)ccc1OC)C(C)=O. The van der Waals surface area contributed by atoms with E-state index < -0.39 is 0 Å². The number of ether oxygens (including phenoxy) is 2. The standard InChI is InChI=1S/C15H22N2O4/c1-5-8-17(11(2)18)10-15(19)16-13-9-12(20-3)6-7-14(13)21-4/h6-7,9H,5,8,10H2,1-4H3,(H,16,19). The van der Waals surface area contributed by atoms with Crippen molar-refractivity contribution in [3.05, 3.63) is 18.2 Å². The van der Waals surface area contributed by atoms with Gasteiger partial charge in [-0.2, -0.15) is 0 Å². The van der Waals surface area contributed by atoms with E-state index in [1.54, 1.807) is 25.3 Å². The minimum Gasteiger partial charge on any atom is -0.497 e. The summed E-state index contributed by atoms with van der Waals surface area (Å²) in [5, 5.41) is 2.74. The third kappa shape index (κ3) is 4.98. The summed E-state index contributed by atoms with van der Waals surface area (Å²) in [5.41, 5.74) is 0.516. The molecule has 1 rings (SSSR count). The molecule has 1 aromatic rings. The van der Waals surface area contributed by atoms with Crippen LogP contribution in [0.15, 0.2) is 18.2 Å². The maximum absolute atomic E-state index is 12.1. The molecule has 0 fully saturated rings. The van der Waals surface area contributed by atoms with Crippen LogP contribution in [-0.4, -0.2) is 44.0 Å². The fourth-order valence-corrected chi connectivity index (χ4v) is 1.89. The fourth-order valence-electron chi connectivity index (χ4n) is 1.89. The Hall–Kier alpha value is -2.24. The molecule has 0 bridgehead atoms. The predicted molar refractivity (Wildman–Crippen MR) is 80.7 cm³/mol. The molecule has 0 aliphatic carbocycles. The third-order valence-electron chi connectivity index (χ3n) is 2.95. The summed E-state index contributed by atoms with van der Waals surface area (Å²) in [7, 11) is 3.07. The zero-order valence-electron chi connectivity index (χ0n) is 12.9. The van der Waals surface area contributed by atoms with E-state index in [1.165, 1.54) is 18.9 Å². The Morgan fingerprint density at radius 3 is 2.48 bits per heavy atom. The fraction of sp³-hybridized carbons (Fsp3) is 0.467. The first-order valence-electron chi connectivity index (χ1n) is 6.79. The molecule has 0 aliphatic heterocycles. The van der Waals surface area contributed by atoms with Gasteiger partial charge in [0.2, 0.25) is 11.8 Å². The van der Waals surface area contributed by atoms with Crippen molar-refractivity contribution in [3.8, 4) is 11.5 Å². The lowest BCUT2D eigenvalue weighted by Crippen LogP contribution is -2.37. The van der Waals surface area contributed by atoms with Crippen LogP contribution < -0.4 is 14.8 Å². The molecule has 1 N–H and O–H groups in total. The number of rotatable bonds is 7. The maximum atomic E-state index is 12.1. The number of amides is 2. The smallest absolute Gasteiger partial charge is 0.244 e. The Bertz CT molecular complexity index is 502. The molecule has 0 saturated carbocycles. The number of nitrogens with one attached hydrogen (secondary N) is 1. The van der Waals surface area contributed by atoms with Crippen LogP contribution in [0.1, 0.15) is 20.3 Å². The summed E-state index contributed by atoms with van der Waals surface area (Å²) in [6.07, 6.45) is 0.801. The van der Waals surface area contributed by atoms with Gasteiger partial charge in [-0.25, -0.2) is 0 Å². The van der Waals surface area contributed by atoms with Gasteiger partial charge in [-0.1, -0.05) is 6.92 Å². The Labute approximate surface area is 125 Å². The molecule has 21 heavy (non-hydrogen) atoms. The number of benzene rings is 1. The molecule has 0 atom stereocenters. The third-order valence-corrected chi connectivity index (χ3v) is 2.95. The van der Waals surface area contributed by atoms with Gasteiger partial charge < -0.3 is 19.7 Å². The number of anilines is 1. The summed E-state index contributed by atoms with van der Waals surface area (Å²) in [5.74, 6) is 0.756. The summed E-state index contributed by atoms with van der Waals surface area (Å²) >= 11 is 0. The first-order valence-corrected chi connectivity index (χ1v) is 6.79. The van der Waals surface area contributed by atoms with Crippen molar-refractivity contribution >= 4 is 17.5 Å². The Balaban J connectivity index is 2.79. The quantitative estimate of drug-likeness (QED) is 0.834. The van der Waals surface area contributed by atoms with Crippen LogP contribution in [-0.2, 0) is 9.59 Å². The molecule has 0 spiro atoms. The van der Waals surface area contributed by atoms with Gasteiger partial charge in [0.15, 0.2) is 0 Å². The highest BCUT2D eigenvalue weighted by atomic mass is 16.5. The normalized spacial score (nSPS) is 9.90. The summed E-state index contributed by atoms with van der Waals surface area (Å²) in [4.78, 5) is 25.0. The largest absolute Gasteiger partial charge is 0.497 e. The zero-order chi connectivity index (χ0) is 15.8. The second-order valence-corrected chi connectivity index (χ2v) is 4.55. The molecule has 1 aromatic carbocycles. The predicted octanol–water partition coefficient (Wildman–Crippen LogP) is 1.90. The topological polar surface area (TPSA) is 67.9 Å². The van der Waals surface area contributed by atoms with Crippen molar-refractivity contribution in [1.82, 2.24) is 4.90 Å². The monoisotopic (exact) mass is 294 g/mol. The van der Waals surface area contributed by atoms with Crippen molar-refractivity contribution in [1.29, 1.82) is 0 Å². The minimum absolute atomic E-state index is 0.0174. The van der Waals surface area contributed by atoms with E-state index in [2.05, 4.69) is 5.32 Å². The van der Waals surface area contributed by atoms with Crippen molar-refractivity contribution in [2.24, 2.45) is 0 Å². The Kier molecular flexibility index (Phi) is 6.52. The average Bonchev–Trinajstić information content (AvgIpc) is 2.46. The minimum atomic E-state index is -0.273. The van der Waals surface area contributed by atoms with Gasteiger partial charge in [0, 0.05) is 19.5 Å². The van der Waals surface area contributed by atoms with Gasteiger partial charge in [0.25, 0.3) is 0 Å². The number of carbonyl (C=O) groups excluding carboxylic acids is 2. The first kappa shape index (κ1) is 16.8. The van der Waals surface area contributed by atoms with Gasteiger partial charge in [-0.05, 0) is 18.6 Å². The van der Waals surface area contributed by atoms with Crippen LogP contribution in [0, 0.1) is 0 Å². The summed E-state index contributed by atoms with van der Waals surface area (Å²) in [6.45, 7) is 3.98. The maximum Gasteiger partial charge on any atom is 0.244 e. The van der Waals surface area contributed by atoms with Crippen molar-refractivity contribution < 1.29 is 19.1 Å². The number of hydrogen-bond acceptors (Lipinski definition) is 4. The van der Waals surface area contributed by atoms with Gasteiger partial charge in [-0.3, -0.25) is 9.59 Å². The highest BCUT2D eigenvalue weighted by Gasteiger charge is 2.14. The highest BCUT2D eigenvalue weighted by molar-refractivity contribution is 5.95. The Morgan fingerprint density at radius 2 is 1.95 bits per heavy atom. The van der Waals surface area contributed by atoms with E-state index in [-0.39, 0.29) is 18.4 Å². The number of nitrogens with zero attached hydrogens (tertiary/aromatic N) is 1. The molecular weight excluding hydrogens is 272 g/mol. The summed E-state index contributed by atoms with van der Waals surface area (Å²) in [6, 6.07) is 5.13. The molecule has 0 aromatic heterocycles. The van der Waals surface area contributed by atoms with Gasteiger partial charge >= 0.3 is 0 Å². The van der Waals surface area contributed by atoms with Crippen LogP contribution in [0.4, 0.5) is 5.69 Å². The Morgan fingerprint density at radius 1 is 1.24 bits per heavy atom. The average molecular weight is 294 g/mol. The number of hydrogen-bond donors (Lipinski definition) is 1. The lowest BCUT2D eigenvalue weighted by atomic mass is 10.2. The van der Waals surface area contributed by atoms with E-state index >= 15 is 0 Å². The zero-order valence-corrected chi connectivity index (χ0v) is 12.9. The van der Waals surface area contributed by atoms with E-state index in [1.807, 2.05) is 6.92 Å². The van der Waals surface area contributed by atoms with Gasteiger partial charge in [0.05, 0.1) is 26.5 Å². The van der Waals surface area contributed by atoms with E-state index in [0.717, 1.165) is 6.42 Å². The molecule has 0 heterocycles. The van der Waals surface area contributed by atoms with E-state index in [0.29, 0.717) is 23.7 Å². The molecule has 0 aliphatic rings. The molecule has 116 valence electrons. The lowest BCUT2D eigenvalue weighted by Gasteiger charge is -2.20. The second-order valence-electron chi connectivity index (χ2n) is 4.55. The van der Waals surface area contributed by atoms with Crippen LogP contribution in [0.5, 0.6) is 11.5 Å². The molecule has 2 amide bonds. The van der Waals surface area contributed by atoms with Crippen molar-refractivity contribution in [3.63, 3.8) is 0 Å². The van der Waals surface area contributed by atoms with Gasteiger partial charge in [-0.15, -0.1) is 0 Å². The van der Waals surface area contributed by atoms with Crippen molar-refractivity contribution in [2.75, 3.05) is 32.6 Å². The lowest BCUT2D eigenvalue weighted by molar-refractivity contribution is -0.132. The van der Waals surface area contributed by atoms with Crippen molar-refractivity contribution in [2.45, 2.75) is 20.3 Å². The highest BCUT2D eigenvalue weighted by Crippen LogP contribution is 2.28. The second kappa shape index (κ2) is 8.14.